The summed E-state index contributed by atoms with van der Waals surface area (Å²) in [6.07, 6.45) is 6.00. The molecule has 1 aromatic heterocycles. The van der Waals surface area contributed by atoms with Crippen LogP contribution in [-0.4, -0.2) is 39.2 Å². The molecule has 1 saturated heterocycles. The van der Waals surface area contributed by atoms with Crippen LogP contribution < -0.4 is 10.9 Å². The molecule has 2 amide bonds. The summed E-state index contributed by atoms with van der Waals surface area (Å²) in [5, 5.41) is 2.93. The molecule has 1 aliphatic carbocycles. The molecule has 3 atom stereocenters. The number of hydrogen-bond acceptors (Lipinski definition) is 4. The van der Waals surface area contributed by atoms with Gasteiger partial charge in [-0.3, -0.25) is 14.5 Å². The standard InChI is InChI=1S/C21H31N3O4/c1-13-10-18(25)23(5)12-15(13)22-19(26)17-11-14-8-6-7-9-16(14)24(17)20(27)28-21(2,3)4/h10,12,14,16-17H,6-9,11H2,1-5H3,(H,22,26)/t14-,16+,17-/m0/s1. The molecule has 0 spiro atoms. The molecule has 1 aromatic rings. The van der Waals surface area contributed by atoms with Crippen LogP contribution in [0.2, 0.25) is 0 Å². The van der Waals surface area contributed by atoms with Crippen molar-refractivity contribution >= 4 is 17.7 Å². The number of carbonyl (C=O) groups is 2. The molecule has 2 aliphatic rings. The molecule has 1 N–H and O–H groups in total. The van der Waals surface area contributed by atoms with Gasteiger partial charge in [-0.2, -0.15) is 0 Å². The van der Waals surface area contributed by atoms with Gasteiger partial charge in [-0.05, 0) is 58.4 Å². The number of ether oxygens (including phenoxy) is 1. The van der Waals surface area contributed by atoms with E-state index in [1.54, 1.807) is 25.1 Å². The van der Waals surface area contributed by atoms with E-state index in [4.69, 9.17) is 4.74 Å². The third kappa shape index (κ3) is 4.23. The quantitative estimate of drug-likeness (QED) is 0.842. The first kappa shape index (κ1) is 20.4. The summed E-state index contributed by atoms with van der Waals surface area (Å²) in [4.78, 5) is 39.5. The Morgan fingerprint density at radius 3 is 2.57 bits per heavy atom. The molecule has 1 saturated carbocycles. The summed E-state index contributed by atoms with van der Waals surface area (Å²) >= 11 is 0. The van der Waals surface area contributed by atoms with E-state index in [-0.39, 0.29) is 17.5 Å². The van der Waals surface area contributed by atoms with Crippen LogP contribution >= 0.6 is 0 Å². The average molecular weight is 389 g/mol. The number of likely N-dealkylation sites (tertiary alicyclic amines) is 1. The van der Waals surface area contributed by atoms with Crippen LogP contribution in [0.5, 0.6) is 0 Å². The predicted molar refractivity (Wildman–Crippen MR) is 107 cm³/mol. The van der Waals surface area contributed by atoms with Crippen molar-refractivity contribution in [3.8, 4) is 0 Å². The number of fused-ring (bicyclic) bond motifs is 1. The Bertz CT molecular complexity index is 824. The first-order valence-electron chi connectivity index (χ1n) is 10.1. The van der Waals surface area contributed by atoms with Gasteiger partial charge in [-0.25, -0.2) is 4.79 Å². The molecule has 0 unspecified atom stereocenters. The number of rotatable bonds is 2. The fourth-order valence-electron chi connectivity index (χ4n) is 4.34. The van der Waals surface area contributed by atoms with Gasteiger partial charge in [-0.1, -0.05) is 12.8 Å². The van der Waals surface area contributed by atoms with Gasteiger partial charge in [0.05, 0.1) is 5.69 Å². The second-order valence-electron chi connectivity index (χ2n) is 9.06. The second kappa shape index (κ2) is 7.60. The Morgan fingerprint density at radius 2 is 1.89 bits per heavy atom. The van der Waals surface area contributed by atoms with Gasteiger partial charge in [0.2, 0.25) is 5.91 Å². The van der Waals surface area contributed by atoms with Gasteiger partial charge in [-0.15, -0.1) is 0 Å². The number of aromatic nitrogens is 1. The Labute approximate surface area is 166 Å². The molecule has 28 heavy (non-hydrogen) atoms. The number of hydrogen-bond donors (Lipinski definition) is 1. The van der Waals surface area contributed by atoms with E-state index in [9.17, 15) is 14.4 Å². The van der Waals surface area contributed by atoms with Crippen molar-refractivity contribution in [2.45, 2.75) is 77.5 Å². The van der Waals surface area contributed by atoms with Crippen LogP contribution in [0.25, 0.3) is 0 Å². The summed E-state index contributed by atoms with van der Waals surface area (Å²) in [6, 6.07) is 0.996. The number of nitrogens with one attached hydrogen (secondary N) is 1. The van der Waals surface area contributed by atoms with Gasteiger partial charge >= 0.3 is 6.09 Å². The summed E-state index contributed by atoms with van der Waals surface area (Å²) in [5.74, 6) is 0.111. The maximum Gasteiger partial charge on any atom is 0.411 e. The van der Waals surface area contributed by atoms with Crippen LogP contribution in [0.4, 0.5) is 10.5 Å². The van der Waals surface area contributed by atoms with Crippen LogP contribution in [0.3, 0.4) is 0 Å². The van der Waals surface area contributed by atoms with E-state index in [2.05, 4.69) is 5.32 Å². The zero-order valence-corrected chi connectivity index (χ0v) is 17.4. The Morgan fingerprint density at radius 1 is 1.21 bits per heavy atom. The SMILES string of the molecule is Cc1cc(=O)n(C)cc1NC(=O)[C@@H]1C[C@@H]2CCCC[C@H]2N1C(=O)OC(C)(C)C. The van der Waals surface area contributed by atoms with Gasteiger partial charge in [0.25, 0.3) is 5.56 Å². The first-order chi connectivity index (χ1) is 13.1. The lowest BCUT2D eigenvalue weighted by molar-refractivity contribution is -0.120. The lowest BCUT2D eigenvalue weighted by Gasteiger charge is -2.34. The van der Waals surface area contributed by atoms with Crippen molar-refractivity contribution < 1.29 is 14.3 Å². The third-order valence-electron chi connectivity index (χ3n) is 5.69. The van der Waals surface area contributed by atoms with Crippen molar-refractivity contribution in [3.05, 3.63) is 28.2 Å². The van der Waals surface area contributed by atoms with Gasteiger partial charge < -0.3 is 14.6 Å². The van der Waals surface area contributed by atoms with Gasteiger partial charge in [0.15, 0.2) is 0 Å². The van der Waals surface area contributed by atoms with Crippen molar-refractivity contribution in [1.29, 1.82) is 0 Å². The minimum Gasteiger partial charge on any atom is -0.444 e. The second-order valence-corrected chi connectivity index (χ2v) is 9.06. The molecule has 0 aromatic carbocycles. The third-order valence-corrected chi connectivity index (χ3v) is 5.69. The molecule has 154 valence electrons. The van der Waals surface area contributed by atoms with Gasteiger partial charge in [0, 0.05) is 25.4 Å². The van der Waals surface area contributed by atoms with E-state index < -0.39 is 17.7 Å². The van der Waals surface area contributed by atoms with Crippen molar-refractivity contribution in [3.63, 3.8) is 0 Å². The molecule has 7 nitrogen and oxygen atoms in total. The van der Waals surface area contributed by atoms with Crippen LogP contribution in [0, 0.1) is 12.8 Å². The van der Waals surface area contributed by atoms with Crippen LogP contribution in [0.1, 0.15) is 58.4 Å². The zero-order chi connectivity index (χ0) is 20.6. The van der Waals surface area contributed by atoms with Crippen LogP contribution in [-0.2, 0) is 16.6 Å². The number of aryl methyl sites for hydroxylation is 2. The summed E-state index contributed by atoms with van der Waals surface area (Å²) < 4.78 is 7.05. The van der Waals surface area contributed by atoms with Crippen LogP contribution in [0.15, 0.2) is 17.1 Å². The highest BCUT2D eigenvalue weighted by molar-refractivity contribution is 5.97. The van der Waals surface area contributed by atoms with Gasteiger partial charge in [0.1, 0.15) is 11.6 Å². The number of nitrogens with zero attached hydrogens (tertiary/aromatic N) is 2. The molecule has 7 heteroatoms. The fraction of sp³-hybridized carbons (Fsp3) is 0.667. The highest BCUT2D eigenvalue weighted by atomic mass is 16.6. The van der Waals surface area contributed by atoms with Crippen molar-refractivity contribution in [2.24, 2.45) is 13.0 Å². The van der Waals surface area contributed by atoms with E-state index in [1.807, 2.05) is 20.8 Å². The average Bonchev–Trinajstić information content (AvgIpc) is 2.98. The normalized spacial score (nSPS) is 24.6. The maximum atomic E-state index is 13.1. The van der Waals surface area contributed by atoms with Crippen molar-refractivity contribution in [1.82, 2.24) is 9.47 Å². The first-order valence-corrected chi connectivity index (χ1v) is 10.1. The Kier molecular flexibility index (Phi) is 5.55. The highest BCUT2D eigenvalue weighted by Gasteiger charge is 2.48. The predicted octanol–water partition coefficient (Wildman–Crippen LogP) is 3.20. The topological polar surface area (TPSA) is 80.6 Å². The lowest BCUT2D eigenvalue weighted by atomic mass is 9.85. The minimum absolute atomic E-state index is 0.0561. The highest BCUT2D eigenvalue weighted by Crippen LogP contribution is 2.40. The van der Waals surface area contributed by atoms with Crippen molar-refractivity contribution in [2.75, 3.05) is 5.32 Å². The molecule has 2 heterocycles. The number of anilines is 1. The number of carbonyl (C=O) groups excluding carboxylic acids is 2. The molecule has 2 fully saturated rings. The fourth-order valence-corrected chi connectivity index (χ4v) is 4.34. The Balaban J connectivity index is 1.85. The zero-order valence-electron chi connectivity index (χ0n) is 17.4. The summed E-state index contributed by atoms with van der Waals surface area (Å²) in [5.41, 5.74) is 0.554. The summed E-state index contributed by atoms with van der Waals surface area (Å²) in [7, 11) is 1.65. The van der Waals surface area contributed by atoms with E-state index in [0.717, 1.165) is 25.7 Å². The lowest BCUT2D eigenvalue weighted by Crippen LogP contribution is -2.49. The molecule has 0 bridgehead atoms. The molecule has 1 aliphatic heterocycles. The van der Waals surface area contributed by atoms with E-state index in [1.165, 1.54) is 10.6 Å². The van der Waals surface area contributed by atoms with E-state index >= 15 is 0 Å². The van der Waals surface area contributed by atoms with E-state index in [0.29, 0.717) is 23.6 Å². The maximum absolute atomic E-state index is 13.1. The number of amides is 2. The largest absolute Gasteiger partial charge is 0.444 e. The molecule has 3 rings (SSSR count). The monoisotopic (exact) mass is 389 g/mol. The molecular weight excluding hydrogens is 358 g/mol. The number of pyridine rings is 1. The smallest absolute Gasteiger partial charge is 0.411 e. The minimum atomic E-state index is -0.612. The Hall–Kier alpha value is -2.31. The molecular formula is C21H31N3O4. The molecule has 0 radical (unpaired) electrons. The summed E-state index contributed by atoms with van der Waals surface area (Å²) in [6.45, 7) is 7.30.